The number of thioether (sulfide) groups is 1. The van der Waals surface area contributed by atoms with Crippen molar-refractivity contribution in [3.63, 3.8) is 0 Å². The Morgan fingerprint density at radius 3 is 2.46 bits per heavy atom. The van der Waals surface area contributed by atoms with Gasteiger partial charge in [0.25, 0.3) is 5.91 Å². The Morgan fingerprint density at radius 1 is 0.923 bits per heavy atom. The monoisotopic (exact) mass is 563 g/mol. The van der Waals surface area contributed by atoms with Crippen LogP contribution >= 0.6 is 11.8 Å². The molecule has 1 amide bonds. The number of rotatable bonds is 5. The molecule has 6 rings (SSSR count). The van der Waals surface area contributed by atoms with Crippen molar-refractivity contribution in [1.82, 2.24) is 19.0 Å². The third-order valence-electron chi connectivity index (χ3n) is 7.00. The summed E-state index contributed by atoms with van der Waals surface area (Å²) in [7, 11) is -3.61. The van der Waals surface area contributed by atoms with Crippen molar-refractivity contribution in [1.29, 1.82) is 0 Å². The molecule has 202 valence electrons. The Hall–Kier alpha value is -3.25. The van der Waals surface area contributed by atoms with Crippen molar-refractivity contribution in [3.8, 4) is 16.9 Å². The second kappa shape index (κ2) is 11.1. The van der Waals surface area contributed by atoms with E-state index in [4.69, 9.17) is 9.84 Å². The molecule has 0 atom stereocenters. The fourth-order valence-electron chi connectivity index (χ4n) is 4.92. The SMILES string of the molecule is O=C1N=C(N2CCOCC2)S/C1=C\c1cn(-c2ccccc2)nc1-c1cccc(S(=O)(=O)N2CCCCC2)c1. The summed E-state index contributed by atoms with van der Waals surface area (Å²) in [5.74, 6) is -0.290. The van der Waals surface area contributed by atoms with Crippen LogP contribution in [0, 0.1) is 0 Å². The number of aliphatic imine (C=N–C) groups is 1. The number of ether oxygens (including phenoxy) is 1. The second-order valence-electron chi connectivity index (χ2n) is 9.62. The Balaban J connectivity index is 1.37. The van der Waals surface area contributed by atoms with Crippen LogP contribution < -0.4 is 0 Å². The molecular weight excluding hydrogens is 534 g/mol. The number of para-hydroxylation sites is 1. The summed E-state index contributed by atoms with van der Waals surface area (Å²) in [6.07, 6.45) is 6.47. The van der Waals surface area contributed by atoms with E-state index in [1.807, 2.05) is 42.6 Å². The molecule has 1 aromatic heterocycles. The predicted octanol–water partition coefficient (Wildman–Crippen LogP) is 4.02. The van der Waals surface area contributed by atoms with E-state index < -0.39 is 10.0 Å². The van der Waals surface area contributed by atoms with Gasteiger partial charge < -0.3 is 9.64 Å². The molecule has 0 saturated carbocycles. The molecule has 0 unspecified atom stereocenters. The zero-order valence-electron chi connectivity index (χ0n) is 21.4. The van der Waals surface area contributed by atoms with Crippen LogP contribution in [0.15, 0.2) is 75.6 Å². The van der Waals surface area contributed by atoms with Gasteiger partial charge in [0.1, 0.15) is 5.69 Å². The summed E-state index contributed by atoms with van der Waals surface area (Å²) in [6.45, 7) is 3.69. The first-order valence-corrected chi connectivity index (χ1v) is 15.4. The van der Waals surface area contributed by atoms with Gasteiger partial charge in [-0.25, -0.2) is 13.1 Å². The van der Waals surface area contributed by atoms with Gasteiger partial charge in [0, 0.05) is 43.5 Å². The number of aromatic nitrogens is 2. The van der Waals surface area contributed by atoms with E-state index in [1.165, 1.54) is 11.8 Å². The van der Waals surface area contributed by atoms with Crippen LogP contribution in [0.3, 0.4) is 0 Å². The third kappa shape index (κ3) is 5.44. The highest BCUT2D eigenvalue weighted by Gasteiger charge is 2.29. The number of hydrogen-bond donors (Lipinski definition) is 0. The molecule has 3 aliphatic rings. The van der Waals surface area contributed by atoms with Crippen molar-refractivity contribution >= 4 is 38.9 Å². The van der Waals surface area contributed by atoms with Crippen molar-refractivity contribution in [2.45, 2.75) is 24.2 Å². The largest absolute Gasteiger partial charge is 0.378 e. The number of hydrogen-bond acceptors (Lipinski definition) is 7. The fraction of sp³-hybridized carbons (Fsp3) is 0.321. The number of carbonyl (C=O) groups excluding carboxylic acids is 1. The van der Waals surface area contributed by atoms with Crippen LogP contribution in [0.5, 0.6) is 0 Å². The zero-order chi connectivity index (χ0) is 26.8. The summed E-state index contributed by atoms with van der Waals surface area (Å²) < 4.78 is 35.6. The Labute approximate surface area is 232 Å². The zero-order valence-corrected chi connectivity index (χ0v) is 23.0. The molecule has 0 radical (unpaired) electrons. The first kappa shape index (κ1) is 26.0. The molecule has 3 aliphatic heterocycles. The van der Waals surface area contributed by atoms with Gasteiger partial charge in [-0.1, -0.05) is 36.8 Å². The van der Waals surface area contributed by atoms with Gasteiger partial charge in [-0.3, -0.25) is 4.79 Å². The second-order valence-corrected chi connectivity index (χ2v) is 12.6. The summed E-state index contributed by atoms with van der Waals surface area (Å²) in [4.78, 5) is 20.0. The van der Waals surface area contributed by atoms with Crippen LogP contribution in [0.2, 0.25) is 0 Å². The van der Waals surface area contributed by atoms with Gasteiger partial charge in [0.2, 0.25) is 10.0 Å². The highest BCUT2D eigenvalue weighted by molar-refractivity contribution is 8.18. The number of benzene rings is 2. The van der Waals surface area contributed by atoms with E-state index in [1.54, 1.807) is 33.3 Å². The van der Waals surface area contributed by atoms with Crippen molar-refractivity contribution in [2.75, 3.05) is 39.4 Å². The summed E-state index contributed by atoms with van der Waals surface area (Å²) in [6, 6.07) is 16.6. The molecule has 3 aromatic rings. The van der Waals surface area contributed by atoms with Gasteiger partial charge in [-0.2, -0.15) is 14.4 Å². The summed E-state index contributed by atoms with van der Waals surface area (Å²) in [5, 5.41) is 5.52. The summed E-state index contributed by atoms with van der Waals surface area (Å²) >= 11 is 1.35. The first-order chi connectivity index (χ1) is 19.0. The Bertz CT molecular complexity index is 1540. The minimum absolute atomic E-state index is 0.249. The maximum atomic E-state index is 13.4. The third-order valence-corrected chi connectivity index (χ3v) is 9.94. The van der Waals surface area contributed by atoms with Crippen LogP contribution in [0.1, 0.15) is 24.8 Å². The average Bonchev–Trinajstić information content (AvgIpc) is 3.58. The molecule has 11 heteroatoms. The van der Waals surface area contributed by atoms with Gasteiger partial charge >= 0.3 is 0 Å². The molecule has 0 bridgehead atoms. The highest BCUT2D eigenvalue weighted by Crippen LogP contribution is 2.34. The molecule has 2 fully saturated rings. The lowest BCUT2D eigenvalue weighted by Gasteiger charge is -2.27. The predicted molar refractivity (Wildman–Crippen MR) is 152 cm³/mol. The summed E-state index contributed by atoms with van der Waals surface area (Å²) in [5.41, 5.74) is 2.83. The average molecular weight is 564 g/mol. The number of amides is 1. The van der Waals surface area contributed by atoms with Crippen LogP contribution in [-0.2, 0) is 19.6 Å². The van der Waals surface area contributed by atoms with Crippen LogP contribution in [0.25, 0.3) is 23.0 Å². The smallest absolute Gasteiger partial charge is 0.286 e. The molecule has 2 saturated heterocycles. The lowest BCUT2D eigenvalue weighted by atomic mass is 10.1. The molecular formula is C28H29N5O4S2. The van der Waals surface area contributed by atoms with E-state index in [9.17, 15) is 13.2 Å². The lowest BCUT2D eigenvalue weighted by Crippen LogP contribution is -2.38. The van der Waals surface area contributed by atoms with Gasteiger partial charge in [-0.15, -0.1) is 0 Å². The quantitative estimate of drug-likeness (QED) is 0.433. The van der Waals surface area contributed by atoms with E-state index in [-0.39, 0.29) is 10.8 Å². The molecule has 0 N–H and O–H groups in total. The van der Waals surface area contributed by atoms with Crippen molar-refractivity contribution in [3.05, 3.63) is 71.3 Å². The van der Waals surface area contributed by atoms with Gasteiger partial charge in [0.05, 0.1) is 28.7 Å². The fourth-order valence-corrected chi connectivity index (χ4v) is 7.44. The van der Waals surface area contributed by atoms with Gasteiger partial charge in [0.15, 0.2) is 5.17 Å². The maximum Gasteiger partial charge on any atom is 0.286 e. The normalized spacial score (nSPS) is 20.0. The number of sulfonamides is 1. The topological polar surface area (TPSA) is 97.1 Å². The van der Waals surface area contributed by atoms with E-state index >= 15 is 0 Å². The minimum Gasteiger partial charge on any atom is -0.378 e. The highest BCUT2D eigenvalue weighted by atomic mass is 32.2. The van der Waals surface area contributed by atoms with Crippen LogP contribution in [0.4, 0.5) is 0 Å². The van der Waals surface area contributed by atoms with E-state index in [2.05, 4.69) is 9.89 Å². The van der Waals surface area contributed by atoms with E-state index in [0.29, 0.717) is 66.3 Å². The van der Waals surface area contributed by atoms with E-state index in [0.717, 1.165) is 24.9 Å². The van der Waals surface area contributed by atoms with Crippen LogP contribution in [-0.4, -0.2) is 77.9 Å². The minimum atomic E-state index is -3.61. The molecule has 0 aliphatic carbocycles. The number of piperidine rings is 1. The molecule has 4 heterocycles. The maximum absolute atomic E-state index is 13.4. The molecule has 9 nitrogen and oxygen atoms in total. The standard InChI is InChI=1S/C28H29N5O4S2/c34-27-25(38-28(29-27)31-14-16-37-17-15-31)19-22-20-33(23-9-3-1-4-10-23)30-26(22)21-8-7-11-24(18-21)39(35,36)32-12-5-2-6-13-32/h1,3-4,7-11,18-20H,2,5-6,12-17H2/b25-19-. The Morgan fingerprint density at radius 2 is 1.69 bits per heavy atom. The molecule has 2 aromatic carbocycles. The van der Waals surface area contributed by atoms with Crippen molar-refractivity contribution in [2.24, 2.45) is 4.99 Å². The Kier molecular flexibility index (Phi) is 7.39. The number of morpholine rings is 1. The number of nitrogens with zero attached hydrogens (tertiary/aromatic N) is 5. The molecule has 39 heavy (non-hydrogen) atoms. The van der Waals surface area contributed by atoms with Crippen molar-refractivity contribution < 1.29 is 17.9 Å². The number of amidine groups is 1. The molecule has 0 spiro atoms. The lowest BCUT2D eigenvalue weighted by molar-refractivity contribution is -0.113. The van der Waals surface area contributed by atoms with Gasteiger partial charge in [-0.05, 0) is 54.9 Å². The first-order valence-electron chi connectivity index (χ1n) is 13.1. The number of carbonyl (C=O) groups is 1.